The molecule has 1 atom stereocenters. The van der Waals surface area contributed by atoms with E-state index >= 15 is 0 Å². The van der Waals surface area contributed by atoms with Gasteiger partial charge >= 0.3 is 6.03 Å². The molecule has 0 spiro atoms. The van der Waals surface area contributed by atoms with E-state index in [0.717, 1.165) is 36.7 Å². The number of aromatic nitrogens is 2. The highest BCUT2D eigenvalue weighted by Crippen LogP contribution is 2.25. The van der Waals surface area contributed by atoms with Gasteiger partial charge in [0, 0.05) is 36.4 Å². The zero-order chi connectivity index (χ0) is 19.3. The summed E-state index contributed by atoms with van der Waals surface area (Å²) in [4.78, 5) is 23.8. The summed E-state index contributed by atoms with van der Waals surface area (Å²) in [7, 11) is 0. The Morgan fingerprint density at radius 3 is 2.70 bits per heavy atom. The molecular formula is C21H29N5O. The van der Waals surface area contributed by atoms with Crippen LogP contribution in [0.5, 0.6) is 0 Å². The van der Waals surface area contributed by atoms with Gasteiger partial charge in [-0.1, -0.05) is 39.0 Å². The molecule has 6 heteroatoms. The fourth-order valence-corrected chi connectivity index (χ4v) is 3.29. The summed E-state index contributed by atoms with van der Waals surface area (Å²) < 4.78 is 0. The van der Waals surface area contributed by atoms with Crippen LogP contribution in [0.1, 0.15) is 45.9 Å². The quantitative estimate of drug-likeness (QED) is 0.858. The zero-order valence-corrected chi connectivity index (χ0v) is 16.4. The van der Waals surface area contributed by atoms with Crippen LogP contribution in [-0.4, -0.2) is 35.1 Å². The van der Waals surface area contributed by atoms with Crippen LogP contribution >= 0.6 is 0 Å². The Morgan fingerprint density at radius 2 is 1.96 bits per heavy atom. The van der Waals surface area contributed by atoms with Crippen molar-refractivity contribution in [2.24, 2.45) is 0 Å². The number of anilines is 2. The summed E-state index contributed by atoms with van der Waals surface area (Å²) in [5.41, 5.74) is 0.705. The summed E-state index contributed by atoms with van der Waals surface area (Å²) in [6.45, 7) is 7.90. The van der Waals surface area contributed by atoms with Crippen LogP contribution in [0.2, 0.25) is 0 Å². The van der Waals surface area contributed by atoms with E-state index in [1.54, 1.807) is 0 Å². The van der Waals surface area contributed by atoms with Crippen LogP contribution in [0.15, 0.2) is 42.6 Å². The number of urea groups is 1. The standard InChI is InChI=1S/C21H29N5O/c1-21(2,3)19-22-13-12-18(25-19)26-14-8-7-11-17(26)15-23-20(27)24-16-9-5-4-6-10-16/h4-6,9-10,12-13,17H,7-8,11,14-15H2,1-3H3,(H2,23,24,27). The minimum atomic E-state index is -0.176. The van der Waals surface area contributed by atoms with Gasteiger partial charge in [-0.05, 0) is 37.5 Å². The third kappa shape index (κ3) is 5.18. The fraction of sp³-hybridized carbons (Fsp3) is 0.476. The van der Waals surface area contributed by atoms with Gasteiger partial charge in [0.25, 0.3) is 0 Å². The highest BCUT2D eigenvalue weighted by atomic mass is 16.2. The first-order valence-electron chi connectivity index (χ1n) is 9.63. The molecule has 1 aliphatic rings. The Bertz CT molecular complexity index is 757. The van der Waals surface area contributed by atoms with Crippen LogP contribution < -0.4 is 15.5 Å². The van der Waals surface area contributed by atoms with E-state index in [-0.39, 0.29) is 17.5 Å². The number of nitrogens with zero attached hydrogens (tertiary/aromatic N) is 3. The van der Waals surface area contributed by atoms with Crippen molar-refractivity contribution in [2.45, 2.75) is 51.5 Å². The Balaban J connectivity index is 1.64. The predicted octanol–water partition coefficient (Wildman–Crippen LogP) is 3.95. The van der Waals surface area contributed by atoms with Gasteiger partial charge in [-0.3, -0.25) is 0 Å². The molecule has 3 rings (SSSR count). The molecular weight excluding hydrogens is 338 g/mol. The first-order valence-corrected chi connectivity index (χ1v) is 9.63. The SMILES string of the molecule is CC(C)(C)c1nccc(N2CCCCC2CNC(=O)Nc2ccccc2)n1. The number of hydrogen-bond donors (Lipinski definition) is 2. The van der Waals surface area contributed by atoms with Crippen LogP contribution in [0, 0.1) is 0 Å². The van der Waals surface area contributed by atoms with Crippen LogP contribution in [-0.2, 0) is 5.41 Å². The first kappa shape index (κ1) is 19.1. The summed E-state index contributed by atoms with van der Waals surface area (Å²) in [5.74, 6) is 1.80. The van der Waals surface area contributed by atoms with Gasteiger partial charge in [0.2, 0.25) is 0 Å². The van der Waals surface area contributed by atoms with Crippen molar-refractivity contribution in [2.75, 3.05) is 23.3 Å². The lowest BCUT2D eigenvalue weighted by molar-refractivity contribution is 0.250. The van der Waals surface area contributed by atoms with E-state index in [0.29, 0.717) is 6.54 Å². The molecule has 1 saturated heterocycles. The molecule has 1 aromatic carbocycles. The number of hydrogen-bond acceptors (Lipinski definition) is 4. The lowest BCUT2D eigenvalue weighted by Crippen LogP contribution is -2.48. The first-order chi connectivity index (χ1) is 12.9. The van der Waals surface area contributed by atoms with Gasteiger partial charge in [0.15, 0.2) is 0 Å². The molecule has 1 aliphatic heterocycles. The lowest BCUT2D eigenvalue weighted by atomic mass is 9.95. The van der Waals surface area contributed by atoms with Gasteiger partial charge in [-0.25, -0.2) is 14.8 Å². The van der Waals surface area contributed by atoms with Gasteiger partial charge in [0.05, 0.1) is 0 Å². The maximum atomic E-state index is 12.2. The normalized spacial score (nSPS) is 17.4. The highest BCUT2D eigenvalue weighted by Gasteiger charge is 2.26. The molecule has 144 valence electrons. The predicted molar refractivity (Wildman–Crippen MR) is 109 cm³/mol. The summed E-state index contributed by atoms with van der Waals surface area (Å²) in [6.07, 6.45) is 5.19. The second-order valence-electron chi connectivity index (χ2n) is 8.03. The Kier molecular flexibility index (Phi) is 5.94. The summed E-state index contributed by atoms with van der Waals surface area (Å²) >= 11 is 0. The number of amides is 2. The smallest absolute Gasteiger partial charge is 0.319 e. The maximum absolute atomic E-state index is 12.2. The summed E-state index contributed by atoms with van der Waals surface area (Å²) in [6, 6.07) is 11.5. The minimum absolute atomic E-state index is 0.0882. The third-order valence-corrected chi connectivity index (χ3v) is 4.76. The number of benzene rings is 1. The largest absolute Gasteiger partial charge is 0.352 e. The summed E-state index contributed by atoms with van der Waals surface area (Å²) in [5, 5.41) is 5.88. The van der Waals surface area contributed by atoms with E-state index in [1.807, 2.05) is 42.6 Å². The van der Waals surface area contributed by atoms with Crippen molar-refractivity contribution < 1.29 is 4.79 Å². The third-order valence-electron chi connectivity index (χ3n) is 4.76. The van der Waals surface area contributed by atoms with E-state index in [2.05, 4.69) is 41.3 Å². The molecule has 6 nitrogen and oxygen atoms in total. The van der Waals surface area contributed by atoms with Crippen LogP contribution in [0.25, 0.3) is 0 Å². The van der Waals surface area contributed by atoms with Gasteiger partial charge in [-0.15, -0.1) is 0 Å². The van der Waals surface area contributed by atoms with E-state index in [4.69, 9.17) is 4.98 Å². The van der Waals surface area contributed by atoms with E-state index in [1.165, 1.54) is 6.42 Å². The Hall–Kier alpha value is -2.63. The van der Waals surface area contributed by atoms with Crippen LogP contribution in [0.3, 0.4) is 0 Å². The minimum Gasteiger partial charge on any atom is -0.352 e. The van der Waals surface area contributed by atoms with Crippen molar-refractivity contribution in [1.29, 1.82) is 0 Å². The number of rotatable bonds is 4. The van der Waals surface area contributed by atoms with Crippen molar-refractivity contribution in [3.63, 3.8) is 0 Å². The van der Waals surface area contributed by atoms with Gasteiger partial charge in [-0.2, -0.15) is 0 Å². The van der Waals surface area contributed by atoms with E-state index < -0.39 is 0 Å². The molecule has 1 aromatic heterocycles. The fourth-order valence-electron chi connectivity index (χ4n) is 3.29. The molecule has 2 aromatic rings. The number of para-hydroxylation sites is 1. The monoisotopic (exact) mass is 367 g/mol. The molecule has 1 fully saturated rings. The number of carbonyl (C=O) groups excluding carboxylic acids is 1. The molecule has 2 N–H and O–H groups in total. The number of nitrogens with one attached hydrogen (secondary N) is 2. The second kappa shape index (κ2) is 8.37. The molecule has 1 unspecified atom stereocenters. The zero-order valence-electron chi connectivity index (χ0n) is 16.4. The molecule has 0 radical (unpaired) electrons. The molecule has 2 heterocycles. The van der Waals surface area contributed by atoms with Crippen molar-refractivity contribution >= 4 is 17.5 Å². The van der Waals surface area contributed by atoms with Crippen molar-refractivity contribution in [1.82, 2.24) is 15.3 Å². The molecule has 0 bridgehead atoms. The van der Waals surface area contributed by atoms with Gasteiger partial charge in [0.1, 0.15) is 11.6 Å². The highest BCUT2D eigenvalue weighted by molar-refractivity contribution is 5.89. The number of carbonyl (C=O) groups is 1. The molecule has 0 saturated carbocycles. The molecule has 2 amide bonds. The Labute approximate surface area is 161 Å². The molecule has 0 aliphatic carbocycles. The average molecular weight is 367 g/mol. The van der Waals surface area contributed by atoms with Crippen molar-refractivity contribution in [3.8, 4) is 0 Å². The van der Waals surface area contributed by atoms with E-state index in [9.17, 15) is 4.79 Å². The lowest BCUT2D eigenvalue weighted by Gasteiger charge is -2.37. The maximum Gasteiger partial charge on any atom is 0.319 e. The Morgan fingerprint density at radius 1 is 1.19 bits per heavy atom. The number of piperidine rings is 1. The van der Waals surface area contributed by atoms with Gasteiger partial charge < -0.3 is 15.5 Å². The van der Waals surface area contributed by atoms with Crippen molar-refractivity contribution in [3.05, 3.63) is 48.4 Å². The average Bonchev–Trinajstić information content (AvgIpc) is 2.67. The molecule has 27 heavy (non-hydrogen) atoms. The topological polar surface area (TPSA) is 70.2 Å². The van der Waals surface area contributed by atoms with Crippen LogP contribution in [0.4, 0.5) is 16.3 Å². The second-order valence-corrected chi connectivity index (χ2v) is 8.03.